The van der Waals surface area contributed by atoms with Gasteiger partial charge in [-0.3, -0.25) is 4.79 Å². The summed E-state index contributed by atoms with van der Waals surface area (Å²) in [5.74, 6) is -0.0303. The molecule has 37 heavy (non-hydrogen) atoms. The van der Waals surface area contributed by atoms with E-state index < -0.39 is 17.3 Å². The zero-order valence-electron chi connectivity index (χ0n) is 23.0. The second-order valence-electron chi connectivity index (χ2n) is 11.5. The quantitative estimate of drug-likeness (QED) is 0.510. The smallest absolute Gasteiger partial charge is 0.410 e. The molecule has 3 amide bonds. The van der Waals surface area contributed by atoms with Crippen LogP contribution >= 0.6 is 0 Å². The van der Waals surface area contributed by atoms with Gasteiger partial charge in [0.05, 0.1) is 6.04 Å². The Kier molecular flexibility index (Phi) is 9.05. The fourth-order valence-electron chi connectivity index (χ4n) is 4.44. The fraction of sp³-hybridized carbons (Fsp3) is 0.552. The number of nitrogens with zero attached hydrogens (tertiary/aromatic N) is 2. The van der Waals surface area contributed by atoms with Gasteiger partial charge in [0.15, 0.2) is 0 Å². The third-order valence-corrected chi connectivity index (χ3v) is 6.05. The van der Waals surface area contributed by atoms with Gasteiger partial charge in [0.2, 0.25) is 0 Å². The first-order valence-corrected chi connectivity index (χ1v) is 13.1. The number of carbonyl (C=O) groups is 3. The van der Waals surface area contributed by atoms with Crippen LogP contribution in [0.2, 0.25) is 0 Å². The summed E-state index contributed by atoms with van der Waals surface area (Å²) in [6.07, 6.45) is 1.40. The van der Waals surface area contributed by atoms with Crippen LogP contribution in [0.1, 0.15) is 71.2 Å². The van der Waals surface area contributed by atoms with E-state index in [9.17, 15) is 14.4 Å². The lowest BCUT2D eigenvalue weighted by molar-refractivity contribution is -0.00217. The van der Waals surface area contributed by atoms with Gasteiger partial charge in [0.1, 0.15) is 11.2 Å². The maximum atomic E-state index is 13.6. The predicted octanol–water partition coefficient (Wildman–Crippen LogP) is 5.60. The highest BCUT2D eigenvalue weighted by Gasteiger charge is 2.35. The van der Waals surface area contributed by atoms with Crippen LogP contribution in [-0.2, 0) is 9.47 Å². The van der Waals surface area contributed by atoms with Crippen molar-refractivity contribution in [1.82, 2.24) is 15.1 Å². The van der Waals surface area contributed by atoms with Crippen molar-refractivity contribution in [2.24, 2.45) is 0 Å². The Balaban J connectivity index is 1.66. The average Bonchev–Trinajstić information content (AvgIpc) is 2.80. The molecule has 8 nitrogen and oxygen atoms in total. The Labute approximate surface area is 220 Å². The number of hydrogen-bond acceptors (Lipinski definition) is 5. The molecule has 1 atom stereocenters. The summed E-state index contributed by atoms with van der Waals surface area (Å²) < 4.78 is 10.9. The van der Waals surface area contributed by atoms with Gasteiger partial charge in [-0.2, -0.15) is 0 Å². The van der Waals surface area contributed by atoms with E-state index in [4.69, 9.17) is 9.47 Å². The lowest BCUT2D eigenvalue weighted by atomic mass is 10.0. The van der Waals surface area contributed by atoms with Gasteiger partial charge in [-0.15, -0.1) is 0 Å². The molecular formula is C29H41N3O5. The van der Waals surface area contributed by atoms with E-state index >= 15 is 0 Å². The molecule has 0 aliphatic carbocycles. The Morgan fingerprint density at radius 2 is 1.57 bits per heavy atom. The van der Waals surface area contributed by atoms with Gasteiger partial charge in [-0.1, -0.05) is 36.4 Å². The SMILES string of the molecule is CC(C)(C)OC(=O)NCCCC[C@H]1CN(C(=O)c2cccc3ccccc23)CCN1C(=O)OC(C)(C)C. The number of hydrogen-bond donors (Lipinski definition) is 1. The van der Waals surface area contributed by atoms with Gasteiger partial charge >= 0.3 is 12.2 Å². The number of nitrogens with one attached hydrogen (secondary N) is 1. The molecule has 3 rings (SSSR count). The third kappa shape index (κ3) is 8.37. The van der Waals surface area contributed by atoms with E-state index in [-0.39, 0.29) is 18.0 Å². The first kappa shape index (κ1) is 28.3. The van der Waals surface area contributed by atoms with Crippen LogP contribution in [0, 0.1) is 0 Å². The van der Waals surface area contributed by atoms with Crippen molar-refractivity contribution in [1.29, 1.82) is 0 Å². The molecule has 0 radical (unpaired) electrons. The second-order valence-corrected chi connectivity index (χ2v) is 11.5. The third-order valence-electron chi connectivity index (χ3n) is 6.05. The molecule has 1 fully saturated rings. The standard InChI is InChI=1S/C29H41N3O5/c1-28(2,3)36-26(34)30-17-10-9-14-22-20-31(18-19-32(22)27(35)37-29(4,5)6)25(33)24-16-11-13-21-12-7-8-15-23(21)24/h7-8,11-13,15-16,22H,9-10,14,17-20H2,1-6H3,(H,30,34)/t22-/m0/s1. The molecule has 0 bridgehead atoms. The number of benzene rings is 2. The molecule has 1 heterocycles. The molecule has 1 aliphatic heterocycles. The Hall–Kier alpha value is -3.29. The van der Waals surface area contributed by atoms with Crippen LogP contribution in [0.25, 0.3) is 10.8 Å². The van der Waals surface area contributed by atoms with Gasteiger partial charge in [0.25, 0.3) is 5.91 Å². The highest BCUT2D eigenvalue weighted by Crippen LogP contribution is 2.24. The lowest BCUT2D eigenvalue weighted by Gasteiger charge is -2.42. The van der Waals surface area contributed by atoms with Crippen molar-refractivity contribution in [3.05, 3.63) is 48.0 Å². The molecule has 0 aromatic heterocycles. The lowest BCUT2D eigenvalue weighted by Crippen LogP contribution is -2.57. The second kappa shape index (κ2) is 11.8. The van der Waals surface area contributed by atoms with Crippen LogP contribution in [-0.4, -0.2) is 71.3 Å². The number of alkyl carbamates (subject to hydrolysis) is 1. The molecule has 1 aliphatic rings. The Bertz CT molecular complexity index is 1100. The van der Waals surface area contributed by atoms with E-state index in [1.165, 1.54) is 0 Å². The van der Waals surface area contributed by atoms with Crippen LogP contribution in [0.3, 0.4) is 0 Å². The zero-order valence-corrected chi connectivity index (χ0v) is 23.0. The molecule has 1 N–H and O–H groups in total. The van der Waals surface area contributed by atoms with Crippen molar-refractivity contribution in [2.45, 2.75) is 78.0 Å². The summed E-state index contributed by atoms with van der Waals surface area (Å²) in [4.78, 5) is 42.0. The molecule has 0 unspecified atom stereocenters. The first-order chi connectivity index (χ1) is 17.3. The molecule has 2 aromatic carbocycles. The van der Waals surface area contributed by atoms with E-state index in [2.05, 4.69) is 5.32 Å². The molecule has 1 saturated heterocycles. The minimum Gasteiger partial charge on any atom is -0.444 e. The molecule has 0 spiro atoms. The summed E-state index contributed by atoms with van der Waals surface area (Å²) >= 11 is 0. The largest absolute Gasteiger partial charge is 0.444 e. The van der Waals surface area contributed by atoms with Crippen molar-refractivity contribution in [2.75, 3.05) is 26.2 Å². The van der Waals surface area contributed by atoms with Gasteiger partial charge in [-0.05, 0) is 77.6 Å². The molecule has 0 saturated carbocycles. The molecular weight excluding hydrogens is 470 g/mol. The topological polar surface area (TPSA) is 88.2 Å². The summed E-state index contributed by atoms with van der Waals surface area (Å²) in [5, 5.41) is 4.72. The number of ether oxygens (including phenoxy) is 2. The fourth-order valence-corrected chi connectivity index (χ4v) is 4.44. The normalized spacial score (nSPS) is 16.4. The summed E-state index contributed by atoms with van der Waals surface area (Å²) in [6, 6.07) is 13.5. The number of fused-ring (bicyclic) bond motifs is 1. The zero-order chi connectivity index (χ0) is 27.2. The van der Waals surface area contributed by atoms with Gasteiger partial charge in [-0.25, -0.2) is 9.59 Å². The molecule has 8 heteroatoms. The summed E-state index contributed by atoms with van der Waals surface area (Å²) in [6.45, 7) is 12.8. The average molecular weight is 512 g/mol. The predicted molar refractivity (Wildman–Crippen MR) is 145 cm³/mol. The van der Waals surface area contributed by atoms with E-state index in [0.29, 0.717) is 38.2 Å². The maximum absolute atomic E-state index is 13.6. The minimum atomic E-state index is -0.602. The van der Waals surface area contributed by atoms with Crippen LogP contribution in [0.5, 0.6) is 0 Å². The van der Waals surface area contributed by atoms with Gasteiger partial charge in [0, 0.05) is 31.7 Å². The molecule has 2 aromatic rings. The monoisotopic (exact) mass is 511 g/mol. The maximum Gasteiger partial charge on any atom is 0.410 e. The molecule has 202 valence electrons. The summed E-state index contributed by atoms with van der Waals surface area (Å²) in [5.41, 5.74) is -0.473. The van der Waals surface area contributed by atoms with Crippen LogP contribution in [0.15, 0.2) is 42.5 Å². The van der Waals surface area contributed by atoms with E-state index in [1.54, 1.807) is 4.90 Å². The van der Waals surface area contributed by atoms with E-state index in [0.717, 1.165) is 23.6 Å². The Morgan fingerprint density at radius 1 is 0.892 bits per heavy atom. The van der Waals surface area contributed by atoms with E-state index in [1.807, 2.05) is 88.9 Å². The number of carbonyl (C=O) groups excluding carboxylic acids is 3. The minimum absolute atomic E-state index is 0.0303. The van der Waals surface area contributed by atoms with Crippen molar-refractivity contribution in [3.63, 3.8) is 0 Å². The van der Waals surface area contributed by atoms with Crippen molar-refractivity contribution >= 4 is 28.9 Å². The van der Waals surface area contributed by atoms with Gasteiger partial charge < -0.3 is 24.6 Å². The first-order valence-electron chi connectivity index (χ1n) is 13.1. The van der Waals surface area contributed by atoms with Crippen LogP contribution in [0.4, 0.5) is 9.59 Å². The number of piperazine rings is 1. The summed E-state index contributed by atoms with van der Waals surface area (Å²) in [7, 11) is 0. The number of rotatable bonds is 6. The van der Waals surface area contributed by atoms with Crippen molar-refractivity contribution in [3.8, 4) is 0 Å². The Morgan fingerprint density at radius 3 is 2.27 bits per heavy atom. The number of amides is 3. The highest BCUT2D eigenvalue weighted by molar-refractivity contribution is 6.07. The number of unbranched alkanes of at least 4 members (excludes halogenated alkanes) is 1. The highest BCUT2D eigenvalue weighted by atomic mass is 16.6. The van der Waals surface area contributed by atoms with Crippen molar-refractivity contribution < 1.29 is 23.9 Å². The van der Waals surface area contributed by atoms with Crippen LogP contribution < -0.4 is 5.32 Å².